The Morgan fingerprint density at radius 1 is 1.18 bits per heavy atom. The summed E-state index contributed by atoms with van der Waals surface area (Å²) in [6.07, 6.45) is 5.11. The van der Waals surface area contributed by atoms with Gasteiger partial charge in [-0.2, -0.15) is 0 Å². The van der Waals surface area contributed by atoms with Crippen LogP contribution in [0.2, 0.25) is 0 Å². The van der Waals surface area contributed by atoms with Crippen molar-refractivity contribution in [3.8, 4) is 0 Å². The maximum absolute atomic E-state index is 9.71. The highest BCUT2D eigenvalue weighted by atomic mass is 16.3. The molecule has 0 bridgehead atoms. The van der Waals surface area contributed by atoms with Gasteiger partial charge >= 0.3 is 0 Å². The zero-order chi connectivity index (χ0) is 12.5. The maximum atomic E-state index is 9.71. The minimum absolute atomic E-state index is 0.0248. The van der Waals surface area contributed by atoms with E-state index in [4.69, 9.17) is 11.1 Å². The summed E-state index contributed by atoms with van der Waals surface area (Å²) >= 11 is 0. The molecule has 1 fully saturated rings. The van der Waals surface area contributed by atoms with Gasteiger partial charge in [0, 0.05) is 15.9 Å². The molecule has 0 aromatic carbocycles. The Hall–Kier alpha value is -1.42. The second kappa shape index (κ2) is 7.79. The molecule has 0 aliphatic heterocycles. The van der Waals surface area contributed by atoms with Gasteiger partial charge in [-0.15, -0.1) is 0 Å². The highest BCUT2D eigenvalue weighted by molar-refractivity contribution is 4.82. The molecule has 17 heavy (non-hydrogen) atoms. The summed E-state index contributed by atoms with van der Waals surface area (Å²) in [6.45, 7) is 0.0932. The maximum Gasteiger partial charge on any atom is 0.0599 e. The van der Waals surface area contributed by atoms with Gasteiger partial charge in [0.1, 0.15) is 0 Å². The summed E-state index contributed by atoms with van der Waals surface area (Å²) in [5.41, 5.74) is 16.7. The second-order valence-corrected chi connectivity index (χ2v) is 4.47. The molecule has 1 saturated carbocycles. The average molecular weight is 238 g/mol. The fourth-order valence-electron chi connectivity index (χ4n) is 2.41. The quantitative estimate of drug-likeness (QED) is 0.336. The molecule has 0 saturated heterocycles. The predicted octanol–water partition coefficient (Wildman–Crippen LogP) is 3.31. The molecule has 0 aromatic heterocycles. The van der Waals surface area contributed by atoms with Crippen LogP contribution in [0.15, 0.2) is 10.2 Å². The van der Waals surface area contributed by atoms with Crippen LogP contribution in [-0.2, 0) is 0 Å². The average Bonchev–Trinajstić information content (AvgIpc) is 2.53. The van der Waals surface area contributed by atoms with Crippen LogP contribution < -0.4 is 0 Å². The van der Waals surface area contributed by atoms with E-state index >= 15 is 0 Å². The molecule has 0 spiro atoms. The first-order valence-corrected chi connectivity index (χ1v) is 6.01. The Morgan fingerprint density at radius 2 is 1.94 bits per heavy atom. The first kappa shape index (κ1) is 13.6. The molecule has 3 atom stereocenters. The van der Waals surface area contributed by atoms with E-state index in [-0.39, 0.29) is 18.5 Å². The molecule has 0 unspecified atom stereocenters. The van der Waals surface area contributed by atoms with Crippen molar-refractivity contribution in [3.05, 3.63) is 20.9 Å². The fraction of sp³-hybridized carbons (Fsp3) is 1.00. The highest BCUT2D eigenvalue weighted by Crippen LogP contribution is 2.29. The lowest BCUT2D eigenvalue weighted by atomic mass is 9.90. The monoisotopic (exact) mass is 238 g/mol. The van der Waals surface area contributed by atoms with Crippen molar-refractivity contribution >= 4 is 0 Å². The zero-order valence-corrected chi connectivity index (χ0v) is 9.81. The topological polar surface area (TPSA) is 118 Å². The van der Waals surface area contributed by atoms with E-state index in [0.717, 1.165) is 32.1 Å². The normalized spacial score (nSPS) is 26.2. The summed E-state index contributed by atoms with van der Waals surface area (Å²) in [4.78, 5) is 5.51. The van der Waals surface area contributed by atoms with Gasteiger partial charge in [-0.3, -0.25) is 0 Å². The summed E-state index contributed by atoms with van der Waals surface area (Å²) < 4.78 is 0. The van der Waals surface area contributed by atoms with Crippen molar-refractivity contribution in [2.24, 2.45) is 16.1 Å². The van der Waals surface area contributed by atoms with Crippen molar-refractivity contribution < 1.29 is 5.11 Å². The first-order chi connectivity index (χ1) is 8.27. The molecular formula is C10H18N6O. The van der Waals surface area contributed by atoms with Crippen LogP contribution in [0.5, 0.6) is 0 Å². The number of aliphatic hydroxyl groups is 1. The Labute approximate surface area is 100 Å². The molecule has 94 valence electrons. The summed E-state index contributed by atoms with van der Waals surface area (Å²) in [5.74, 6) is 0.206. The van der Waals surface area contributed by atoms with Crippen LogP contribution in [0.25, 0.3) is 20.9 Å². The summed E-state index contributed by atoms with van der Waals surface area (Å²) in [5, 5.41) is 16.9. The SMILES string of the molecule is [N-]=[N+]=NC[C@@H](O)C[C@@H]1CCCCC[C@@H]1N=[N+]=[N-]. The van der Waals surface area contributed by atoms with E-state index < -0.39 is 6.10 Å². The lowest BCUT2D eigenvalue weighted by molar-refractivity contribution is 0.139. The number of hydrogen-bond donors (Lipinski definition) is 1. The summed E-state index contributed by atoms with van der Waals surface area (Å²) in [6, 6.07) is -0.0248. The van der Waals surface area contributed by atoms with Gasteiger partial charge in [0.25, 0.3) is 0 Å². The van der Waals surface area contributed by atoms with E-state index in [0.29, 0.717) is 6.42 Å². The van der Waals surface area contributed by atoms with Gasteiger partial charge < -0.3 is 5.11 Å². The molecule has 0 radical (unpaired) electrons. The number of rotatable bonds is 5. The lowest BCUT2D eigenvalue weighted by Crippen LogP contribution is -2.24. The Balaban J connectivity index is 2.56. The van der Waals surface area contributed by atoms with Gasteiger partial charge in [0.2, 0.25) is 0 Å². The Bertz CT molecular complexity index is 321. The molecule has 0 heterocycles. The number of hydrogen-bond acceptors (Lipinski definition) is 3. The standard InChI is InChI=1S/C10H18N6O/c11-15-13-7-9(17)6-8-4-2-1-3-5-10(8)14-16-12/h8-10,17H,1-7H2/t8-,9-,10-/m0/s1. The Kier molecular flexibility index (Phi) is 6.25. The highest BCUT2D eigenvalue weighted by Gasteiger charge is 2.24. The van der Waals surface area contributed by atoms with Crippen molar-refractivity contribution in [2.75, 3.05) is 6.54 Å². The van der Waals surface area contributed by atoms with Crippen molar-refractivity contribution in [1.29, 1.82) is 0 Å². The molecule has 1 aliphatic carbocycles. The van der Waals surface area contributed by atoms with Gasteiger partial charge in [0.15, 0.2) is 0 Å². The van der Waals surface area contributed by atoms with E-state index in [1.807, 2.05) is 0 Å². The molecule has 7 heteroatoms. The van der Waals surface area contributed by atoms with Crippen LogP contribution >= 0.6 is 0 Å². The fourth-order valence-corrected chi connectivity index (χ4v) is 2.41. The third kappa shape index (κ3) is 4.95. The van der Waals surface area contributed by atoms with Crippen molar-refractivity contribution in [3.63, 3.8) is 0 Å². The molecule has 1 N–H and O–H groups in total. The zero-order valence-electron chi connectivity index (χ0n) is 9.81. The van der Waals surface area contributed by atoms with E-state index in [1.165, 1.54) is 0 Å². The first-order valence-electron chi connectivity index (χ1n) is 6.01. The molecule has 0 aromatic rings. The van der Waals surface area contributed by atoms with E-state index in [2.05, 4.69) is 20.1 Å². The number of aliphatic hydroxyl groups excluding tert-OH is 1. The van der Waals surface area contributed by atoms with Gasteiger partial charge in [-0.1, -0.05) is 29.5 Å². The molecule has 0 amide bonds. The molecule has 1 aliphatic rings. The lowest BCUT2D eigenvalue weighted by Gasteiger charge is -2.22. The smallest absolute Gasteiger partial charge is 0.0599 e. The predicted molar refractivity (Wildman–Crippen MR) is 64.1 cm³/mol. The molecule has 7 nitrogen and oxygen atoms in total. The Morgan fingerprint density at radius 3 is 2.65 bits per heavy atom. The van der Waals surface area contributed by atoms with E-state index in [1.54, 1.807) is 0 Å². The number of nitrogens with zero attached hydrogens (tertiary/aromatic N) is 6. The minimum Gasteiger partial charge on any atom is -0.393 e. The molecular weight excluding hydrogens is 220 g/mol. The van der Waals surface area contributed by atoms with Gasteiger partial charge in [-0.05, 0) is 36.2 Å². The van der Waals surface area contributed by atoms with Crippen molar-refractivity contribution in [2.45, 2.75) is 50.7 Å². The van der Waals surface area contributed by atoms with Crippen LogP contribution in [-0.4, -0.2) is 23.8 Å². The van der Waals surface area contributed by atoms with Crippen LogP contribution in [0.3, 0.4) is 0 Å². The van der Waals surface area contributed by atoms with Crippen molar-refractivity contribution in [1.82, 2.24) is 0 Å². The summed E-state index contributed by atoms with van der Waals surface area (Å²) in [7, 11) is 0. The third-order valence-corrected chi connectivity index (χ3v) is 3.25. The van der Waals surface area contributed by atoms with Crippen LogP contribution in [0, 0.1) is 5.92 Å². The van der Waals surface area contributed by atoms with Gasteiger partial charge in [0.05, 0.1) is 12.6 Å². The third-order valence-electron chi connectivity index (χ3n) is 3.25. The van der Waals surface area contributed by atoms with Crippen LogP contribution in [0.1, 0.15) is 38.5 Å². The van der Waals surface area contributed by atoms with E-state index in [9.17, 15) is 5.11 Å². The van der Waals surface area contributed by atoms with Gasteiger partial charge in [-0.25, -0.2) is 0 Å². The largest absolute Gasteiger partial charge is 0.393 e. The second-order valence-electron chi connectivity index (χ2n) is 4.47. The van der Waals surface area contributed by atoms with Crippen LogP contribution in [0.4, 0.5) is 0 Å². The molecule has 1 rings (SSSR count). The number of azide groups is 2. The minimum atomic E-state index is -0.634.